The van der Waals surface area contributed by atoms with Crippen molar-refractivity contribution in [2.75, 3.05) is 0 Å². The number of hydrogen-bond donors (Lipinski definition) is 3. The van der Waals surface area contributed by atoms with Crippen LogP contribution in [0, 0.1) is 14.1 Å². The lowest BCUT2D eigenvalue weighted by atomic mass is 10.5. The van der Waals surface area contributed by atoms with Gasteiger partial charge in [-0.3, -0.25) is 0 Å². The molecule has 0 aliphatic carbocycles. The highest BCUT2D eigenvalue weighted by Crippen LogP contribution is 2.27. The average molecular weight is 396 g/mol. The summed E-state index contributed by atoms with van der Waals surface area (Å²) in [6, 6.07) is 9.32. The van der Waals surface area contributed by atoms with E-state index in [0.717, 1.165) is 15.1 Å². The molecule has 5 nitrogen and oxygen atoms in total. The molecule has 3 aromatic rings. The number of pyridine rings is 1. The molecule has 3 aromatic heterocycles. The van der Waals surface area contributed by atoms with Crippen molar-refractivity contribution in [2.24, 2.45) is 0 Å². The Labute approximate surface area is 155 Å². The molecule has 3 rings (SSSR count). The van der Waals surface area contributed by atoms with Crippen molar-refractivity contribution in [1.29, 1.82) is 0 Å². The van der Waals surface area contributed by atoms with Gasteiger partial charge in [0.1, 0.15) is 14.3 Å². The Morgan fingerprint density at radius 2 is 1.74 bits per heavy atom. The first kappa shape index (κ1) is 16.5. The SMILES string of the molecule is S=c1cccc(Sc2ccnc(Sc3cc(=S)[nH]c(=S)[nH]3)n2)[nH]1. The van der Waals surface area contributed by atoms with Gasteiger partial charge >= 0.3 is 0 Å². The number of hydrogen-bond acceptors (Lipinski definition) is 7. The topological polar surface area (TPSA) is 73.2 Å². The third kappa shape index (κ3) is 4.82. The lowest BCUT2D eigenvalue weighted by Crippen LogP contribution is -1.91. The quantitative estimate of drug-likeness (QED) is 0.328. The van der Waals surface area contributed by atoms with Crippen LogP contribution in [0.15, 0.2) is 56.8 Å². The second kappa shape index (κ2) is 7.49. The Morgan fingerprint density at radius 1 is 0.870 bits per heavy atom. The molecule has 0 aliphatic rings. The Balaban J connectivity index is 1.83. The molecule has 3 heterocycles. The normalized spacial score (nSPS) is 10.6. The van der Waals surface area contributed by atoms with Gasteiger partial charge in [0.15, 0.2) is 9.93 Å². The van der Waals surface area contributed by atoms with Crippen molar-refractivity contribution < 1.29 is 0 Å². The summed E-state index contributed by atoms with van der Waals surface area (Å²) in [4.78, 5) is 17.8. The summed E-state index contributed by atoms with van der Waals surface area (Å²) >= 11 is 18.2. The largest absolute Gasteiger partial charge is 0.341 e. The third-order valence-corrected chi connectivity index (χ3v) is 4.88. The molecule has 116 valence electrons. The van der Waals surface area contributed by atoms with Crippen LogP contribution in [0.5, 0.6) is 0 Å². The van der Waals surface area contributed by atoms with Crippen LogP contribution in [-0.4, -0.2) is 24.9 Å². The van der Waals surface area contributed by atoms with E-state index in [-0.39, 0.29) is 0 Å². The van der Waals surface area contributed by atoms with Crippen molar-refractivity contribution in [2.45, 2.75) is 20.2 Å². The molecule has 0 aliphatic heterocycles. The minimum atomic E-state index is 0.474. The van der Waals surface area contributed by atoms with Gasteiger partial charge in [-0.15, -0.1) is 0 Å². The van der Waals surface area contributed by atoms with E-state index >= 15 is 0 Å². The molecule has 0 aromatic carbocycles. The van der Waals surface area contributed by atoms with E-state index in [2.05, 4.69) is 24.9 Å². The molecular weight excluding hydrogens is 387 g/mol. The Morgan fingerprint density at radius 3 is 2.52 bits per heavy atom. The second-order valence-corrected chi connectivity index (χ2v) is 7.57. The molecule has 0 fully saturated rings. The standard InChI is InChI=1S/C13H9N5S5/c19-7-2-1-3-9(15-7)22-10-4-5-14-13(18-10)23-11-6-8(20)16-12(21)17-11/h1-6H,(H,15,19)(H2,16,17,20,21). The van der Waals surface area contributed by atoms with Crippen LogP contribution in [0.4, 0.5) is 0 Å². The number of rotatable bonds is 4. The Bertz CT molecular complexity index is 978. The Kier molecular flexibility index (Phi) is 5.38. The summed E-state index contributed by atoms with van der Waals surface area (Å²) < 4.78 is 1.73. The van der Waals surface area contributed by atoms with E-state index in [1.54, 1.807) is 12.3 Å². The third-order valence-electron chi connectivity index (χ3n) is 2.50. The van der Waals surface area contributed by atoms with E-state index in [0.29, 0.717) is 19.2 Å². The van der Waals surface area contributed by atoms with E-state index in [1.807, 2.05) is 24.3 Å². The van der Waals surface area contributed by atoms with E-state index in [4.69, 9.17) is 36.7 Å². The van der Waals surface area contributed by atoms with Crippen molar-refractivity contribution in [3.8, 4) is 0 Å². The maximum Gasteiger partial charge on any atom is 0.194 e. The molecule has 0 atom stereocenters. The Hall–Kier alpha value is -1.33. The van der Waals surface area contributed by atoms with E-state index in [1.165, 1.54) is 23.5 Å². The summed E-state index contributed by atoms with van der Waals surface area (Å²) in [6.07, 6.45) is 1.72. The fourth-order valence-corrected chi connectivity index (χ4v) is 4.16. The number of nitrogens with zero attached hydrogens (tertiary/aromatic N) is 2. The second-order valence-electron chi connectivity index (χ2n) is 4.21. The van der Waals surface area contributed by atoms with Crippen LogP contribution < -0.4 is 0 Å². The zero-order chi connectivity index (χ0) is 16.2. The highest BCUT2D eigenvalue weighted by Gasteiger charge is 2.05. The summed E-state index contributed by atoms with van der Waals surface area (Å²) in [5.41, 5.74) is 0. The molecule has 0 amide bonds. The van der Waals surface area contributed by atoms with Crippen molar-refractivity contribution in [3.05, 3.63) is 50.6 Å². The van der Waals surface area contributed by atoms with Gasteiger partial charge in [0.25, 0.3) is 0 Å². The lowest BCUT2D eigenvalue weighted by Gasteiger charge is -2.04. The van der Waals surface area contributed by atoms with Gasteiger partial charge < -0.3 is 15.0 Å². The van der Waals surface area contributed by atoms with Crippen LogP contribution in [0.2, 0.25) is 0 Å². The number of aromatic nitrogens is 5. The van der Waals surface area contributed by atoms with E-state index in [9.17, 15) is 0 Å². The summed E-state index contributed by atoms with van der Waals surface area (Å²) in [5.74, 6) is 0. The van der Waals surface area contributed by atoms with Gasteiger partial charge in [0.05, 0.1) is 10.1 Å². The highest BCUT2D eigenvalue weighted by molar-refractivity contribution is 7.99. The number of aromatic amines is 3. The maximum atomic E-state index is 5.12. The van der Waals surface area contributed by atoms with Crippen LogP contribution >= 0.6 is 60.2 Å². The molecule has 23 heavy (non-hydrogen) atoms. The molecule has 0 saturated carbocycles. The fraction of sp³-hybridized carbons (Fsp3) is 0. The monoisotopic (exact) mass is 395 g/mol. The minimum Gasteiger partial charge on any atom is -0.341 e. The molecule has 0 spiro atoms. The van der Waals surface area contributed by atoms with Crippen LogP contribution in [0.3, 0.4) is 0 Å². The maximum absolute atomic E-state index is 5.12. The summed E-state index contributed by atoms with van der Waals surface area (Å²) in [7, 11) is 0. The molecule has 0 bridgehead atoms. The van der Waals surface area contributed by atoms with Gasteiger partial charge in [-0.05, 0) is 42.2 Å². The molecule has 0 radical (unpaired) electrons. The van der Waals surface area contributed by atoms with Crippen molar-refractivity contribution in [1.82, 2.24) is 24.9 Å². The molecule has 3 N–H and O–H groups in total. The predicted molar refractivity (Wildman–Crippen MR) is 98.7 cm³/mol. The van der Waals surface area contributed by atoms with Crippen LogP contribution in [0.1, 0.15) is 0 Å². The zero-order valence-corrected chi connectivity index (χ0v) is 15.5. The van der Waals surface area contributed by atoms with E-state index < -0.39 is 0 Å². The smallest absolute Gasteiger partial charge is 0.194 e. The van der Waals surface area contributed by atoms with Gasteiger partial charge in [-0.2, -0.15) is 0 Å². The number of H-pyrrole nitrogens is 3. The summed E-state index contributed by atoms with van der Waals surface area (Å²) in [5, 5.41) is 3.14. The summed E-state index contributed by atoms with van der Waals surface area (Å²) in [6.45, 7) is 0. The molecule has 0 saturated heterocycles. The average Bonchev–Trinajstić information content (AvgIpc) is 2.46. The van der Waals surface area contributed by atoms with Gasteiger partial charge in [-0.1, -0.05) is 42.3 Å². The first-order valence-corrected chi connectivity index (χ1v) is 9.16. The van der Waals surface area contributed by atoms with Gasteiger partial charge in [0.2, 0.25) is 0 Å². The fourth-order valence-electron chi connectivity index (χ4n) is 1.63. The molecule has 10 heteroatoms. The van der Waals surface area contributed by atoms with Gasteiger partial charge in [-0.25, -0.2) is 9.97 Å². The minimum absolute atomic E-state index is 0.474. The van der Waals surface area contributed by atoms with Crippen LogP contribution in [-0.2, 0) is 0 Å². The number of nitrogens with one attached hydrogen (secondary N) is 3. The van der Waals surface area contributed by atoms with Crippen molar-refractivity contribution >= 4 is 60.2 Å². The first-order chi connectivity index (χ1) is 11.1. The molecular formula is C13H9N5S5. The zero-order valence-electron chi connectivity index (χ0n) is 11.4. The van der Waals surface area contributed by atoms with Crippen molar-refractivity contribution in [3.63, 3.8) is 0 Å². The highest BCUT2D eigenvalue weighted by atomic mass is 32.2. The van der Waals surface area contributed by atoms with Crippen LogP contribution in [0.25, 0.3) is 0 Å². The van der Waals surface area contributed by atoms with Gasteiger partial charge in [0, 0.05) is 12.3 Å². The first-order valence-electron chi connectivity index (χ1n) is 6.30. The lowest BCUT2D eigenvalue weighted by molar-refractivity contribution is 0.883. The molecule has 0 unspecified atom stereocenters. The predicted octanol–water partition coefficient (Wildman–Crippen LogP) is 4.95.